The minimum atomic E-state index is -1.47. The first kappa shape index (κ1) is 16.4. The number of esters is 1. The zero-order valence-corrected chi connectivity index (χ0v) is 11.5. The lowest BCUT2D eigenvalue weighted by atomic mass is 10.2. The van der Waals surface area contributed by atoms with E-state index in [9.17, 15) is 18.8 Å². The van der Waals surface area contributed by atoms with Crippen LogP contribution in [0.25, 0.3) is 0 Å². The number of halogens is 1. The third kappa shape index (κ3) is 4.75. The topological polar surface area (TPSA) is 105 Å². The predicted octanol–water partition coefficient (Wildman–Crippen LogP) is 1.27. The Morgan fingerprint density at radius 2 is 2.05 bits per heavy atom. The Morgan fingerprint density at radius 3 is 2.57 bits per heavy atom. The largest absolute Gasteiger partial charge is 0.480 e. The molecule has 0 aromatic heterocycles. The highest BCUT2D eigenvalue weighted by Gasteiger charge is 2.24. The summed E-state index contributed by atoms with van der Waals surface area (Å²) >= 11 is 0. The van der Waals surface area contributed by atoms with Crippen molar-refractivity contribution in [2.45, 2.75) is 19.4 Å². The second-order valence-electron chi connectivity index (χ2n) is 4.20. The van der Waals surface area contributed by atoms with E-state index in [2.05, 4.69) is 15.4 Å². The van der Waals surface area contributed by atoms with Crippen LogP contribution in [0.5, 0.6) is 0 Å². The molecule has 1 aromatic rings. The Bertz CT molecular complexity index is 541. The van der Waals surface area contributed by atoms with Gasteiger partial charge in [0.1, 0.15) is 11.9 Å². The number of methoxy groups -OCH3 is 1. The molecule has 0 aliphatic carbocycles. The summed E-state index contributed by atoms with van der Waals surface area (Å²) in [4.78, 5) is 33.7. The van der Waals surface area contributed by atoms with Gasteiger partial charge in [0.15, 0.2) is 0 Å². The number of urea groups is 1. The van der Waals surface area contributed by atoms with Gasteiger partial charge in [0.25, 0.3) is 0 Å². The normalized spacial score (nSPS) is 11.4. The van der Waals surface area contributed by atoms with Crippen LogP contribution in [0, 0.1) is 12.7 Å². The molecule has 1 rings (SSSR count). The molecule has 1 aromatic carbocycles. The average molecular weight is 298 g/mol. The average Bonchev–Trinajstić information content (AvgIpc) is 2.42. The maximum absolute atomic E-state index is 13.5. The van der Waals surface area contributed by atoms with Crippen molar-refractivity contribution in [2.24, 2.45) is 0 Å². The molecular formula is C13H15FN2O5. The van der Waals surface area contributed by atoms with Crippen LogP contribution in [-0.4, -0.2) is 36.2 Å². The Hall–Kier alpha value is -2.64. The molecule has 0 unspecified atom stereocenters. The molecule has 0 fully saturated rings. The number of carbonyl (C=O) groups excluding carboxylic acids is 2. The third-order valence-corrected chi connectivity index (χ3v) is 2.66. The van der Waals surface area contributed by atoms with Crippen molar-refractivity contribution < 1.29 is 28.6 Å². The number of carbonyl (C=O) groups is 3. The summed E-state index contributed by atoms with van der Waals surface area (Å²) in [5, 5.41) is 13.2. The molecule has 0 saturated heterocycles. The minimum absolute atomic E-state index is 0.0581. The minimum Gasteiger partial charge on any atom is -0.480 e. The van der Waals surface area contributed by atoms with E-state index in [0.717, 1.165) is 13.2 Å². The quantitative estimate of drug-likeness (QED) is 0.710. The first-order valence-electron chi connectivity index (χ1n) is 5.97. The number of aryl methyl sites for hydroxylation is 1. The number of hydrogen-bond donors (Lipinski definition) is 3. The second-order valence-corrected chi connectivity index (χ2v) is 4.20. The van der Waals surface area contributed by atoms with E-state index < -0.39 is 36.2 Å². The molecule has 3 N–H and O–H groups in total. The van der Waals surface area contributed by atoms with E-state index in [1.54, 1.807) is 13.0 Å². The highest BCUT2D eigenvalue weighted by Crippen LogP contribution is 2.18. The van der Waals surface area contributed by atoms with E-state index in [1.807, 2.05) is 0 Å². The molecular weight excluding hydrogens is 283 g/mol. The van der Waals surface area contributed by atoms with Crippen LogP contribution < -0.4 is 10.6 Å². The number of carboxylic acids is 1. The zero-order chi connectivity index (χ0) is 16.0. The third-order valence-electron chi connectivity index (χ3n) is 2.66. The van der Waals surface area contributed by atoms with Crippen LogP contribution in [0.1, 0.15) is 12.0 Å². The number of ether oxygens (including phenoxy) is 1. The molecule has 8 heteroatoms. The lowest BCUT2D eigenvalue weighted by Gasteiger charge is -2.15. The molecule has 0 bridgehead atoms. The number of aliphatic carboxylic acids is 1. The fourth-order valence-corrected chi connectivity index (χ4v) is 1.55. The molecule has 2 amide bonds. The number of rotatable bonds is 5. The van der Waals surface area contributed by atoms with E-state index in [1.165, 1.54) is 6.07 Å². The zero-order valence-electron chi connectivity index (χ0n) is 11.5. The molecule has 0 heterocycles. The van der Waals surface area contributed by atoms with Gasteiger partial charge in [-0.05, 0) is 18.6 Å². The van der Waals surface area contributed by atoms with Crippen molar-refractivity contribution in [2.75, 3.05) is 12.4 Å². The number of benzene rings is 1. The molecule has 114 valence electrons. The van der Waals surface area contributed by atoms with E-state index in [4.69, 9.17) is 5.11 Å². The number of amides is 2. The Balaban J connectivity index is 2.74. The van der Waals surface area contributed by atoms with Gasteiger partial charge in [0, 0.05) is 0 Å². The lowest BCUT2D eigenvalue weighted by Crippen LogP contribution is -2.44. The fraction of sp³-hybridized carbons (Fsp3) is 0.308. The highest BCUT2D eigenvalue weighted by molar-refractivity contribution is 5.94. The summed E-state index contributed by atoms with van der Waals surface area (Å²) < 4.78 is 17.9. The van der Waals surface area contributed by atoms with Crippen LogP contribution in [0.2, 0.25) is 0 Å². The van der Waals surface area contributed by atoms with Gasteiger partial charge in [-0.2, -0.15) is 0 Å². The van der Waals surface area contributed by atoms with E-state index in [0.29, 0.717) is 5.56 Å². The SMILES string of the molecule is COC(=O)C[C@H](NC(=O)Nc1c(C)cccc1F)C(=O)O. The van der Waals surface area contributed by atoms with Gasteiger partial charge in [-0.15, -0.1) is 0 Å². The molecule has 7 nitrogen and oxygen atoms in total. The Morgan fingerprint density at radius 1 is 1.38 bits per heavy atom. The van der Waals surface area contributed by atoms with Gasteiger partial charge in [-0.1, -0.05) is 12.1 Å². The van der Waals surface area contributed by atoms with Gasteiger partial charge in [-0.3, -0.25) is 4.79 Å². The number of para-hydroxylation sites is 1. The van der Waals surface area contributed by atoms with Gasteiger partial charge in [0.2, 0.25) is 0 Å². The summed E-state index contributed by atoms with van der Waals surface area (Å²) in [6.07, 6.45) is -0.532. The van der Waals surface area contributed by atoms with Crippen LogP contribution in [0.15, 0.2) is 18.2 Å². The van der Waals surface area contributed by atoms with E-state index >= 15 is 0 Å². The summed E-state index contributed by atoms with van der Waals surface area (Å²) in [5.41, 5.74) is 0.419. The Kier molecular flexibility index (Phi) is 5.65. The lowest BCUT2D eigenvalue weighted by molar-refractivity contribution is -0.147. The standard InChI is InChI=1S/C13H15FN2O5/c1-7-4-3-5-8(14)11(7)16-13(20)15-9(12(18)19)6-10(17)21-2/h3-5,9H,6H2,1-2H3,(H,18,19)(H2,15,16,20)/t9-/m0/s1. The highest BCUT2D eigenvalue weighted by atomic mass is 19.1. The maximum atomic E-state index is 13.5. The summed E-state index contributed by atoms with van der Waals surface area (Å²) in [6, 6.07) is 1.82. The van der Waals surface area contributed by atoms with Crippen molar-refractivity contribution in [1.82, 2.24) is 5.32 Å². The van der Waals surface area contributed by atoms with E-state index in [-0.39, 0.29) is 5.69 Å². The monoisotopic (exact) mass is 298 g/mol. The Labute approximate surface area is 120 Å². The van der Waals surface area contributed by atoms with Gasteiger partial charge in [-0.25, -0.2) is 14.0 Å². The first-order valence-corrected chi connectivity index (χ1v) is 5.97. The fourth-order valence-electron chi connectivity index (χ4n) is 1.55. The van der Waals surface area contributed by atoms with Crippen molar-refractivity contribution in [3.05, 3.63) is 29.6 Å². The molecule has 0 spiro atoms. The molecule has 0 saturated carbocycles. The van der Waals surface area contributed by atoms with Crippen LogP contribution >= 0.6 is 0 Å². The first-order chi connectivity index (χ1) is 9.85. The molecule has 1 atom stereocenters. The number of anilines is 1. The molecule has 0 radical (unpaired) electrons. The smallest absolute Gasteiger partial charge is 0.326 e. The molecule has 21 heavy (non-hydrogen) atoms. The second kappa shape index (κ2) is 7.22. The summed E-state index contributed by atoms with van der Waals surface area (Å²) in [7, 11) is 1.10. The van der Waals surface area contributed by atoms with Crippen molar-refractivity contribution in [3.8, 4) is 0 Å². The summed E-state index contributed by atoms with van der Waals surface area (Å²) in [6.45, 7) is 1.59. The van der Waals surface area contributed by atoms with Crippen LogP contribution in [0.4, 0.5) is 14.9 Å². The molecule has 0 aliphatic rings. The van der Waals surface area contributed by atoms with Gasteiger partial charge >= 0.3 is 18.0 Å². The number of hydrogen-bond acceptors (Lipinski definition) is 4. The predicted molar refractivity (Wildman–Crippen MR) is 71.3 cm³/mol. The molecule has 0 aliphatic heterocycles. The maximum Gasteiger partial charge on any atom is 0.326 e. The van der Waals surface area contributed by atoms with Crippen LogP contribution in [0.3, 0.4) is 0 Å². The van der Waals surface area contributed by atoms with Crippen molar-refractivity contribution >= 4 is 23.7 Å². The van der Waals surface area contributed by atoms with Crippen molar-refractivity contribution in [1.29, 1.82) is 0 Å². The number of nitrogens with one attached hydrogen (secondary N) is 2. The summed E-state index contributed by atoms with van der Waals surface area (Å²) in [5.74, 6) is -2.84. The van der Waals surface area contributed by atoms with Gasteiger partial charge < -0.3 is 20.5 Å². The van der Waals surface area contributed by atoms with Crippen molar-refractivity contribution in [3.63, 3.8) is 0 Å². The van der Waals surface area contributed by atoms with Gasteiger partial charge in [0.05, 0.1) is 19.2 Å². The number of carboxylic acid groups (broad SMARTS) is 1. The van der Waals surface area contributed by atoms with Crippen LogP contribution in [-0.2, 0) is 14.3 Å².